The molecule has 0 aliphatic heterocycles. The molecule has 0 spiro atoms. The molecule has 0 saturated heterocycles. The molecule has 0 amide bonds. The number of carbonyl (C=O) groups is 1. The maximum absolute atomic E-state index is 12.2. The summed E-state index contributed by atoms with van der Waals surface area (Å²) in [5.74, 6) is -0.169. The highest BCUT2D eigenvalue weighted by Crippen LogP contribution is 2.35. The highest BCUT2D eigenvalue weighted by molar-refractivity contribution is 5.97. The number of nitrogens with zero attached hydrogens (tertiary/aromatic N) is 3. The lowest BCUT2D eigenvalue weighted by Crippen LogP contribution is -2.10. The first-order valence-corrected chi connectivity index (χ1v) is 8.97. The standard InChI is InChI=1S/C20H19N5O5/c1-3-30-20(26)13-8-4-5-9-14(13)23-18-17(25(27)28)19(22-12-21-18)24-15-10-6-7-11-16(15)29-2/h4-12H,3H2,1-2H3,(H2,21,22,23,24). The molecule has 0 radical (unpaired) electrons. The van der Waals surface area contributed by atoms with Gasteiger partial charge in [0.1, 0.15) is 12.1 Å². The fourth-order valence-electron chi connectivity index (χ4n) is 2.72. The Morgan fingerprint density at radius 3 is 2.27 bits per heavy atom. The van der Waals surface area contributed by atoms with E-state index in [-0.39, 0.29) is 29.5 Å². The number of anilines is 4. The van der Waals surface area contributed by atoms with Crippen LogP contribution in [-0.2, 0) is 4.74 Å². The smallest absolute Gasteiger partial charge is 0.353 e. The molecule has 3 rings (SSSR count). The molecule has 0 atom stereocenters. The fourth-order valence-corrected chi connectivity index (χ4v) is 2.72. The number of nitrogens with one attached hydrogen (secondary N) is 2. The number of carbonyl (C=O) groups excluding carboxylic acids is 1. The Hall–Kier alpha value is -4.21. The van der Waals surface area contributed by atoms with Crippen molar-refractivity contribution in [2.24, 2.45) is 0 Å². The number of benzene rings is 2. The Morgan fingerprint density at radius 2 is 1.63 bits per heavy atom. The summed E-state index contributed by atoms with van der Waals surface area (Å²) in [6, 6.07) is 13.5. The van der Waals surface area contributed by atoms with Crippen LogP contribution in [0.4, 0.5) is 28.7 Å². The molecule has 3 aromatic rings. The van der Waals surface area contributed by atoms with Crippen LogP contribution in [0.2, 0.25) is 0 Å². The van der Waals surface area contributed by atoms with Gasteiger partial charge < -0.3 is 20.1 Å². The maximum atomic E-state index is 12.2. The molecule has 1 heterocycles. The lowest BCUT2D eigenvalue weighted by Gasteiger charge is -2.13. The second kappa shape index (κ2) is 9.32. The molecule has 0 bridgehead atoms. The van der Waals surface area contributed by atoms with Crippen LogP contribution in [0.1, 0.15) is 17.3 Å². The normalized spacial score (nSPS) is 10.2. The van der Waals surface area contributed by atoms with Gasteiger partial charge in [-0.1, -0.05) is 24.3 Å². The van der Waals surface area contributed by atoms with Crippen molar-refractivity contribution in [1.29, 1.82) is 0 Å². The average molecular weight is 409 g/mol. The molecule has 30 heavy (non-hydrogen) atoms. The number of para-hydroxylation sites is 3. The molecule has 0 aliphatic carbocycles. The van der Waals surface area contributed by atoms with Gasteiger partial charge in [-0.2, -0.15) is 0 Å². The summed E-state index contributed by atoms with van der Waals surface area (Å²) in [4.78, 5) is 31.4. The van der Waals surface area contributed by atoms with Gasteiger partial charge in [0.25, 0.3) is 0 Å². The molecule has 0 aliphatic rings. The second-order valence-electron chi connectivity index (χ2n) is 5.89. The van der Waals surface area contributed by atoms with E-state index in [1.165, 1.54) is 13.4 Å². The number of hydrogen-bond donors (Lipinski definition) is 2. The van der Waals surface area contributed by atoms with Gasteiger partial charge in [-0.3, -0.25) is 10.1 Å². The number of ether oxygens (including phenoxy) is 2. The quantitative estimate of drug-likeness (QED) is 0.321. The number of rotatable bonds is 8. The first-order valence-electron chi connectivity index (χ1n) is 8.97. The highest BCUT2D eigenvalue weighted by atomic mass is 16.6. The van der Waals surface area contributed by atoms with Crippen LogP contribution in [0.3, 0.4) is 0 Å². The summed E-state index contributed by atoms with van der Waals surface area (Å²) in [6.45, 7) is 1.90. The molecule has 154 valence electrons. The van der Waals surface area contributed by atoms with E-state index < -0.39 is 10.9 Å². The summed E-state index contributed by atoms with van der Waals surface area (Å²) in [5, 5.41) is 17.6. The second-order valence-corrected chi connectivity index (χ2v) is 5.89. The Morgan fingerprint density at radius 1 is 1.03 bits per heavy atom. The zero-order valence-corrected chi connectivity index (χ0v) is 16.3. The van der Waals surface area contributed by atoms with E-state index in [2.05, 4.69) is 20.6 Å². The number of aromatic nitrogens is 2. The first-order chi connectivity index (χ1) is 14.5. The van der Waals surface area contributed by atoms with Crippen molar-refractivity contribution in [1.82, 2.24) is 9.97 Å². The zero-order chi connectivity index (χ0) is 21.5. The number of nitro groups is 1. The van der Waals surface area contributed by atoms with Gasteiger partial charge in [0.2, 0.25) is 11.6 Å². The van der Waals surface area contributed by atoms with Crippen molar-refractivity contribution < 1.29 is 19.2 Å². The van der Waals surface area contributed by atoms with Crippen LogP contribution in [0.15, 0.2) is 54.9 Å². The topological polar surface area (TPSA) is 129 Å². The van der Waals surface area contributed by atoms with Crippen LogP contribution in [-0.4, -0.2) is 34.6 Å². The van der Waals surface area contributed by atoms with Crippen LogP contribution >= 0.6 is 0 Å². The Kier molecular flexibility index (Phi) is 6.38. The van der Waals surface area contributed by atoms with Crippen molar-refractivity contribution in [3.8, 4) is 5.75 Å². The minimum absolute atomic E-state index is 0.0318. The van der Waals surface area contributed by atoms with Gasteiger partial charge in [-0.15, -0.1) is 0 Å². The fraction of sp³-hybridized carbons (Fsp3) is 0.150. The predicted molar refractivity (Wildman–Crippen MR) is 111 cm³/mol. The first kappa shape index (κ1) is 20.5. The molecule has 2 aromatic carbocycles. The Bertz CT molecular complexity index is 1070. The van der Waals surface area contributed by atoms with E-state index in [9.17, 15) is 14.9 Å². The summed E-state index contributed by atoms with van der Waals surface area (Å²) >= 11 is 0. The van der Waals surface area contributed by atoms with Gasteiger partial charge in [-0.05, 0) is 31.2 Å². The summed E-state index contributed by atoms with van der Waals surface area (Å²) in [6.07, 6.45) is 1.18. The van der Waals surface area contributed by atoms with Gasteiger partial charge in [0.15, 0.2) is 0 Å². The van der Waals surface area contributed by atoms with Crippen molar-refractivity contribution in [3.63, 3.8) is 0 Å². The number of esters is 1. The largest absolute Gasteiger partial charge is 0.495 e. The summed E-state index contributed by atoms with van der Waals surface area (Å²) in [7, 11) is 1.49. The molecule has 10 nitrogen and oxygen atoms in total. The van der Waals surface area contributed by atoms with Crippen molar-refractivity contribution in [2.45, 2.75) is 6.92 Å². The van der Waals surface area contributed by atoms with Crippen molar-refractivity contribution in [3.05, 3.63) is 70.5 Å². The molecule has 0 saturated carbocycles. The van der Waals surface area contributed by atoms with Crippen LogP contribution in [0.25, 0.3) is 0 Å². The highest BCUT2D eigenvalue weighted by Gasteiger charge is 2.25. The lowest BCUT2D eigenvalue weighted by atomic mass is 10.1. The third-order valence-corrected chi connectivity index (χ3v) is 4.04. The molecular weight excluding hydrogens is 390 g/mol. The van der Waals surface area contributed by atoms with Gasteiger partial charge in [0, 0.05) is 0 Å². The third kappa shape index (κ3) is 4.43. The average Bonchev–Trinajstić information content (AvgIpc) is 2.74. The van der Waals surface area contributed by atoms with Gasteiger partial charge in [-0.25, -0.2) is 14.8 Å². The van der Waals surface area contributed by atoms with E-state index in [1.807, 2.05) is 0 Å². The Balaban J connectivity index is 2.01. The summed E-state index contributed by atoms with van der Waals surface area (Å²) < 4.78 is 10.3. The SMILES string of the molecule is CCOC(=O)c1ccccc1Nc1ncnc(Nc2ccccc2OC)c1[N+](=O)[O-]. The van der Waals surface area contributed by atoms with Crippen LogP contribution < -0.4 is 15.4 Å². The third-order valence-electron chi connectivity index (χ3n) is 4.04. The van der Waals surface area contributed by atoms with Gasteiger partial charge in [0.05, 0.1) is 35.6 Å². The molecular formula is C20H19N5O5. The molecule has 0 unspecified atom stereocenters. The van der Waals surface area contributed by atoms with E-state index in [1.54, 1.807) is 55.5 Å². The maximum Gasteiger partial charge on any atom is 0.353 e. The molecule has 10 heteroatoms. The Labute approximate surface area is 172 Å². The van der Waals surface area contributed by atoms with E-state index >= 15 is 0 Å². The minimum atomic E-state index is -0.604. The van der Waals surface area contributed by atoms with E-state index in [0.29, 0.717) is 17.1 Å². The monoisotopic (exact) mass is 409 g/mol. The molecule has 1 aromatic heterocycles. The molecule has 0 fully saturated rings. The van der Waals surface area contributed by atoms with Crippen LogP contribution in [0.5, 0.6) is 5.75 Å². The van der Waals surface area contributed by atoms with Gasteiger partial charge >= 0.3 is 11.7 Å². The summed E-state index contributed by atoms with van der Waals surface area (Å²) in [5.41, 5.74) is 0.661. The van der Waals surface area contributed by atoms with E-state index in [4.69, 9.17) is 9.47 Å². The zero-order valence-electron chi connectivity index (χ0n) is 16.3. The van der Waals surface area contributed by atoms with E-state index in [0.717, 1.165) is 0 Å². The molecule has 2 N–H and O–H groups in total. The van der Waals surface area contributed by atoms with Crippen LogP contribution in [0, 0.1) is 10.1 Å². The minimum Gasteiger partial charge on any atom is -0.495 e. The number of hydrogen-bond acceptors (Lipinski definition) is 9. The van der Waals surface area contributed by atoms with Crippen molar-refractivity contribution in [2.75, 3.05) is 24.4 Å². The predicted octanol–water partition coefficient (Wildman–Crippen LogP) is 4.06. The van der Waals surface area contributed by atoms with Crippen molar-refractivity contribution >= 4 is 34.7 Å². The lowest BCUT2D eigenvalue weighted by molar-refractivity contribution is -0.383. The number of methoxy groups -OCH3 is 1.